The molecular formula is C54H62N2O12. The summed E-state index contributed by atoms with van der Waals surface area (Å²) in [5.74, 6) is 2.20. The van der Waals surface area contributed by atoms with Gasteiger partial charge in [-0.2, -0.15) is 0 Å². The van der Waals surface area contributed by atoms with E-state index in [0.29, 0.717) is 68.7 Å². The summed E-state index contributed by atoms with van der Waals surface area (Å²) in [6.45, 7) is 9.93. The van der Waals surface area contributed by atoms with Gasteiger partial charge in [0.05, 0.1) is 46.1 Å². The number of hydrogen-bond donors (Lipinski definition) is 2. The third-order valence-corrected chi connectivity index (χ3v) is 12.2. The predicted octanol–water partition coefficient (Wildman–Crippen LogP) is 8.87. The van der Waals surface area contributed by atoms with Crippen LogP contribution in [0.2, 0.25) is 0 Å². The van der Waals surface area contributed by atoms with Crippen molar-refractivity contribution in [3.63, 3.8) is 0 Å². The highest BCUT2D eigenvalue weighted by Crippen LogP contribution is 2.54. The van der Waals surface area contributed by atoms with Crippen molar-refractivity contribution in [1.29, 1.82) is 0 Å². The monoisotopic (exact) mass is 930 g/mol. The van der Waals surface area contributed by atoms with Gasteiger partial charge in [-0.3, -0.25) is 9.69 Å². The second kappa shape index (κ2) is 23.3. The molecule has 7 rings (SSSR count). The Labute approximate surface area is 398 Å². The minimum atomic E-state index is -1.24. The number of β-amino-alcohol motifs (C(OH)–C–C–N with tert-alkyl or cyclic N) is 1. The number of likely N-dealkylation sites (N-methyl/N-ethyl adjacent to an activating group) is 1. The molecule has 0 saturated heterocycles. The molecule has 2 aliphatic heterocycles. The van der Waals surface area contributed by atoms with Crippen LogP contribution in [0, 0.1) is 13.8 Å². The van der Waals surface area contributed by atoms with E-state index in [1.54, 1.807) is 49.4 Å². The van der Waals surface area contributed by atoms with Crippen molar-refractivity contribution < 1.29 is 57.7 Å². The number of nitrogens with zero attached hydrogens (tertiary/aromatic N) is 2. The molecule has 360 valence electrons. The number of unbranched alkanes of at least 4 members (excludes halogenated alkanes) is 1. The lowest BCUT2D eigenvalue weighted by molar-refractivity contribution is -0.143. The molecule has 68 heavy (non-hydrogen) atoms. The van der Waals surface area contributed by atoms with Gasteiger partial charge in [0.1, 0.15) is 43.5 Å². The average molecular weight is 931 g/mol. The molecule has 0 aliphatic carbocycles. The summed E-state index contributed by atoms with van der Waals surface area (Å²) >= 11 is 0. The Morgan fingerprint density at radius 1 is 0.868 bits per heavy atom. The van der Waals surface area contributed by atoms with Gasteiger partial charge in [0.15, 0.2) is 23.0 Å². The fourth-order valence-corrected chi connectivity index (χ4v) is 8.66. The maximum Gasteiger partial charge on any atom is 0.410 e. The van der Waals surface area contributed by atoms with Crippen LogP contribution in [0.1, 0.15) is 82.0 Å². The van der Waals surface area contributed by atoms with Crippen molar-refractivity contribution in [2.45, 2.75) is 84.6 Å². The van der Waals surface area contributed by atoms with Crippen molar-refractivity contribution in [3.05, 3.63) is 154 Å². The zero-order valence-electron chi connectivity index (χ0n) is 39.5. The van der Waals surface area contributed by atoms with E-state index in [4.69, 9.17) is 37.9 Å². The maximum atomic E-state index is 15.8. The van der Waals surface area contributed by atoms with Crippen LogP contribution in [0.25, 0.3) is 0 Å². The molecule has 2 amide bonds. The number of carbonyl (C=O) groups is 2. The van der Waals surface area contributed by atoms with Crippen LogP contribution in [-0.2, 0) is 47.1 Å². The normalized spacial score (nSPS) is 15.2. The molecule has 1 unspecified atom stereocenters. The number of aryl methyl sites for hydroxylation is 1. The van der Waals surface area contributed by atoms with Crippen molar-refractivity contribution in [1.82, 2.24) is 9.80 Å². The molecule has 0 saturated carbocycles. The van der Waals surface area contributed by atoms with E-state index < -0.39 is 30.2 Å². The van der Waals surface area contributed by atoms with Crippen LogP contribution < -0.4 is 28.4 Å². The maximum absolute atomic E-state index is 15.8. The number of methoxy groups -OCH3 is 1. The first-order chi connectivity index (χ1) is 33.1. The summed E-state index contributed by atoms with van der Waals surface area (Å²) < 4.78 is 49.7. The lowest BCUT2D eigenvalue weighted by atomic mass is 9.86. The predicted molar refractivity (Wildman–Crippen MR) is 255 cm³/mol. The summed E-state index contributed by atoms with van der Waals surface area (Å²) in [5.41, 5.74) is 6.15. The van der Waals surface area contributed by atoms with Gasteiger partial charge in [0.2, 0.25) is 12.7 Å². The Morgan fingerprint density at radius 3 is 2.22 bits per heavy atom. The molecular weight excluding hydrogens is 869 g/mol. The van der Waals surface area contributed by atoms with Crippen LogP contribution in [0.5, 0.6) is 34.5 Å². The van der Waals surface area contributed by atoms with Crippen LogP contribution in [0.15, 0.2) is 104 Å². The fourth-order valence-electron chi connectivity index (χ4n) is 8.66. The molecule has 0 fully saturated rings. The summed E-state index contributed by atoms with van der Waals surface area (Å²) in [6, 6.07) is 26.4. The van der Waals surface area contributed by atoms with Gasteiger partial charge in [-0.05, 0) is 60.2 Å². The number of rotatable bonds is 22. The summed E-state index contributed by atoms with van der Waals surface area (Å²) in [5, 5.41) is 21.9. The van der Waals surface area contributed by atoms with Gasteiger partial charge in [-0.25, -0.2) is 4.79 Å². The van der Waals surface area contributed by atoms with Gasteiger partial charge in [0.25, 0.3) is 0 Å². The Hall–Kier alpha value is -6.74. The molecule has 0 radical (unpaired) electrons. The number of benzene rings is 5. The Bertz CT molecular complexity index is 2500. The zero-order chi connectivity index (χ0) is 48.2. The fraction of sp³-hybridized carbons (Fsp3) is 0.370. The molecule has 0 bridgehead atoms. The van der Waals surface area contributed by atoms with E-state index in [1.807, 2.05) is 87.5 Å². The first-order valence-corrected chi connectivity index (χ1v) is 23.0. The van der Waals surface area contributed by atoms with Crippen LogP contribution in [0.4, 0.5) is 4.79 Å². The highest BCUT2D eigenvalue weighted by Gasteiger charge is 2.46. The number of carbonyl (C=O) groups excluding carboxylic acids is 2. The van der Waals surface area contributed by atoms with E-state index >= 15 is 4.79 Å². The van der Waals surface area contributed by atoms with E-state index in [2.05, 4.69) is 6.58 Å². The summed E-state index contributed by atoms with van der Waals surface area (Å²) in [4.78, 5) is 32.8. The highest BCUT2D eigenvalue weighted by molar-refractivity contribution is 5.87. The van der Waals surface area contributed by atoms with Crippen molar-refractivity contribution in [3.8, 4) is 34.5 Å². The van der Waals surface area contributed by atoms with E-state index in [0.717, 1.165) is 28.7 Å². The third kappa shape index (κ3) is 11.2. The van der Waals surface area contributed by atoms with Crippen molar-refractivity contribution in [2.75, 3.05) is 47.3 Å². The molecule has 5 aromatic rings. The third-order valence-electron chi connectivity index (χ3n) is 12.2. The zero-order valence-corrected chi connectivity index (χ0v) is 39.5. The Morgan fingerprint density at radius 2 is 1.56 bits per heavy atom. The molecule has 2 heterocycles. The van der Waals surface area contributed by atoms with E-state index in [1.165, 1.54) is 4.90 Å². The van der Waals surface area contributed by atoms with E-state index in [9.17, 15) is 15.0 Å². The van der Waals surface area contributed by atoms with Gasteiger partial charge >= 0.3 is 6.09 Å². The lowest BCUT2D eigenvalue weighted by Gasteiger charge is -2.43. The first kappa shape index (κ1) is 49.2. The number of hydrogen-bond acceptors (Lipinski definition) is 12. The lowest BCUT2D eigenvalue weighted by Crippen LogP contribution is -2.54. The molecule has 0 spiro atoms. The number of aliphatic hydroxyl groups is 2. The number of amides is 2. The van der Waals surface area contributed by atoms with Crippen molar-refractivity contribution >= 4 is 12.0 Å². The van der Waals surface area contributed by atoms with Gasteiger partial charge in [0, 0.05) is 35.7 Å². The minimum absolute atomic E-state index is 0.00915. The second-order valence-electron chi connectivity index (χ2n) is 16.8. The number of ether oxygens (including phenoxy) is 8. The van der Waals surface area contributed by atoms with Gasteiger partial charge in [-0.1, -0.05) is 105 Å². The molecule has 0 aromatic heterocycles. The van der Waals surface area contributed by atoms with Gasteiger partial charge < -0.3 is 53.0 Å². The van der Waals surface area contributed by atoms with E-state index in [-0.39, 0.29) is 66.0 Å². The number of aliphatic hydroxyl groups excluding tert-OH is 2. The molecule has 5 aromatic carbocycles. The molecule has 3 atom stereocenters. The second-order valence-corrected chi connectivity index (χ2v) is 16.8. The minimum Gasteiger partial charge on any atom is -0.493 e. The highest BCUT2D eigenvalue weighted by atomic mass is 16.7. The SMILES string of the molecule is C=CCOc1c(C)c2c(c3c1C(O)CN(C(=O)[C@H](Cc1cc(C)c(OC)c(OCc4ccccc4)c1COc1ccc(CO)cc1)N(C)C(=O)OCCCC)[C@H]3COCc1ccccc1)OCO2. The average Bonchev–Trinajstić information content (AvgIpc) is 3.86. The van der Waals surface area contributed by atoms with Crippen LogP contribution in [0.3, 0.4) is 0 Å². The standard InChI is InChI=1S/C54H62N2O12/c1-7-9-25-64-54(60)55(5)43(27-40-26-35(3)48(61-6)51(66-31-39-18-14-11-15-19-39)42(40)32-65-41-22-20-37(29-57)21-23-41)53(59)56-28-45(58)47-46(44(56)33-62-30-38-16-12-10-13-17-38)52-50(67-34-68-52)36(4)49(47)63-24-8-2/h8,10-23,26,43-45,57-58H,2,7,9,24-25,27-34H2,1,3-6H3/t43-,44-,45?/m0/s1. The van der Waals surface area contributed by atoms with Gasteiger partial charge in [-0.15, -0.1) is 0 Å². The Balaban J connectivity index is 1.34. The smallest absolute Gasteiger partial charge is 0.410 e. The molecule has 14 heteroatoms. The Kier molecular flexibility index (Phi) is 16.9. The first-order valence-electron chi connectivity index (χ1n) is 23.0. The largest absolute Gasteiger partial charge is 0.493 e. The van der Waals surface area contributed by atoms with Crippen LogP contribution in [-0.4, -0.2) is 85.4 Å². The quantitative estimate of drug-likeness (QED) is 0.0503. The molecule has 2 aliphatic rings. The molecule has 2 N–H and O–H groups in total. The molecule has 14 nitrogen and oxygen atoms in total. The number of fused-ring (bicyclic) bond motifs is 3. The summed E-state index contributed by atoms with van der Waals surface area (Å²) in [6.07, 6.45) is 1.10. The van der Waals surface area contributed by atoms with Crippen LogP contribution >= 0.6 is 0 Å². The van der Waals surface area contributed by atoms with Crippen molar-refractivity contribution in [2.24, 2.45) is 0 Å². The summed E-state index contributed by atoms with van der Waals surface area (Å²) in [7, 11) is 3.12. The topological polar surface area (TPSA) is 155 Å².